The Morgan fingerprint density at radius 2 is 1.72 bits per heavy atom. The summed E-state index contributed by atoms with van der Waals surface area (Å²) in [6.45, 7) is 0. The first kappa shape index (κ1) is 21.7. The zero-order valence-corrected chi connectivity index (χ0v) is 18.5. The Bertz CT molecular complexity index is 1270. The van der Waals surface area contributed by atoms with Crippen molar-refractivity contribution in [2.24, 2.45) is 0 Å². The summed E-state index contributed by atoms with van der Waals surface area (Å²) in [6.07, 6.45) is 1.54. The van der Waals surface area contributed by atoms with Gasteiger partial charge in [0.1, 0.15) is 11.5 Å². The van der Waals surface area contributed by atoms with E-state index in [1.54, 1.807) is 36.4 Å². The average Bonchev–Trinajstić information content (AvgIpc) is 3.09. The van der Waals surface area contributed by atoms with Crippen LogP contribution in [0.25, 0.3) is 6.08 Å². The van der Waals surface area contributed by atoms with E-state index in [4.69, 9.17) is 42.1 Å². The molecule has 8 heteroatoms. The largest absolute Gasteiger partial charge is 0.493 e. The zero-order valence-electron chi connectivity index (χ0n) is 17.0. The van der Waals surface area contributed by atoms with E-state index >= 15 is 0 Å². The fraction of sp³-hybridized carbons (Fsp3) is 0.0833. The van der Waals surface area contributed by atoms with Gasteiger partial charge in [0.25, 0.3) is 0 Å². The van der Waals surface area contributed by atoms with E-state index in [0.29, 0.717) is 32.7 Å². The number of carbonyl (C=O) groups excluding carboxylic acids is 2. The van der Waals surface area contributed by atoms with Crippen molar-refractivity contribution in [1.29, 1.82) is 0 Å². The van der Waals surface area contributed by atoms with Gasteiger partial charge >= 0.3 is 5.97 Å². The molecule has 162 valence electrons. The van der Waals surface area contributed by atoms with Crippen molar-refractivity contribution in [2.75, 3.05) is 14.2 Å². The first-order chi connectivity index (χ1) is 15.4. The van der Waals surface area contributed by atoms with Gasteiger partial charge in [0.05, 0.1) is 25.3 Å². The molecule has 0 N–H and O–H groups in total. The highest BCUT2D eigenvalue weighted by molar-refractivity contribution is 6.35. The van der Waals surface area contributed by atoms with Gasteiger partial charge < -0.3 is 18.9 Å². The number of hydrogen-bond acceptors (Lipinski definition) is 6. The number of carbonyl (C=O) groups is 2. The second-order valence-electron chi connectivity index (χ2n) is 6.72. The quantitative estimate of drug-likeness (QED) is 0.264. The Morgan fingerprint density at radius 1 is 0.938 bits per heavy atom. The van der Waals surface area contributed by atoms with E-state index in [1.807, 2.05) is 0 Å². The molecule has 3 aromatic carbocycles. The minimum Gasteiger partial charge on any atom is -0.493 e. The van der Waals surface area contributed by atoms with Crippen LogP contribution in [0.1, 0.15) is 26.3 Å². The van der Waals surface area contributed by atoms with Gasteiger partial charge in [0.15, 0.2) is 17.3 Å². The Kier molecular flexibility index (Phi) is 6.08. The van der Waals surface area contributed by atoms with Crippen LogP contribution in [0.15, 0.2) is 60.4 Å². The molecule has 0 aliphatic carbocycles. The highest BCUT2D eigenvalue weighted by Gasteiger charge is 2.28. The normalized spacial score (nSPS) is 13.5. The van der Waals surface area contributed by atoms with E-state index in [-0.39, 0.29) is 28.6 Å². The number of allylic oxidation sites excluding steroid dienone is 1. The van der Waals surface area contributed by atoms with Crippen LogP contribution in [0.3, 0.4) is 0 Å². The first-order valence-electron chi connectivity index (χ1n) is 9.37. The van der Waals surface area contributed by atoms with Crippen LogP contribution in [0.2, 0.25) is 10.0 Å². The van der Waals surface area contributed by atoms with Crippen LogP contribution >= 0.6 is 23.2 Å². The molecule has 1 aliphatic heterocycles. The molecule has 0 unspecified atom stereocenters. The summed E-state index contributed by atoms with van der Waals surface area (Å²) in [7, 11) is 2.98. The van der Waals surface area contributed by atoms with Gasteiger partial charge in [-0.25, -0.2) is 4.79 Å². The number of methoxy groups -OCH3 is 2. The molecule has 4 rings (SSSR count). The summed E-state index contributed by atoms with van der Waals surface area (Å²) in [4.78, 5) is 25.2. The Balaban J connectivity index is 1.55. The SMILES string of the molecule is COc1ccc(C(=O)Oc2ccc3c(c2)OC(=Cc2ccc(Cl)cc2Cl)C3=O)cc1OC. The monoisotopic (exact) mass is 470 g/mol. The van der Waals surface area contributed by atoms with Gasteiger partial charge in [-0.15, -0.1) is 0 Å². The molecule has 0 bridgehead atoms. The minimum absolute atomic E-state index is 0.104. The Hall–Kier alpha value is -3.48. The van der Waals surface area contributed by atoms with E-state index in [1.165, 1.54) is 38.5 Å². The van der Waals surface area contributed by atoms with Crippen LogP contribution in [0, 0.1) is 0 Å². The fourth-order valence-electron chi connectivity index (χ4n) is 3.12. The Labute approximate surface area is 193 Å². The molecular formula is C24H16Cl2O6. The standard InChI is InChI=1S/C24H16Cl2O6/c1-29-19-8-4-14(10-21(19)30-2)24(28)31-16-6-7-17-20(12-16)32-22(23(17)27)9-13-3-5-15(25)11-18(13)26/h3-12H,1-2H3. The molecule has 6 nitrogen and oxygen atoms in total. The van der Waals surface area contributed by atoms with Gasteiger partial charge in [0, 0.05) is 16.1 Å². The molecular weight excluding hydrogens is 455 g/mol. The van der Waals surface area contributed by atoms with E-state index in [2.05, 4.69) is 0 Å². The lowest BCUT2D eigenvalue weighted by molar-refractivity contribution is 0.0734. The molecule has 0 atom stereocenters. The summed E-state index contributed by atoms with van der Waals surface area (Å²) in [5.41, 5.74) is 1.22. The number of halogens is 2. The maximum atomic E-state index is 12.7. The van der Waals surface area contributed by atoms with Crippen molar-refractivity contribution in [3.63, 3.8) is 0 Å². The molecule has 1 heterocycles. The summed E-state index contributed by atoms with van der Waals surface area (Å²) in [5.74, 6) is 0.607. The van der Waals surface area contributed by atoms with Crippen LogP contribution in [0.4, 0.5) is 0 Å². The predicted molar refractivity (Wildman–Crippen MR) is 120 cm³/mol. The number of Topliss-reactive ketones (excluding diaryl/α,β-unsaturated/α-hetero) is 1. The summed E-state index contributed by atoms with van der Waals surface area (Å²) < 4.78 is 21.5. The molecule has 0 spiro atoms. The van der Waals surface area contributed by atoms with E-state index in [9.17, 15) is 9.59 Å². The second-order valence-corrected chi connectivity index (χ2v) is 7.57. The Morgan fingerprint density at radius 3 is 2.44 bits per heavy atom. The molecule has 0 amide bonds. The maximum Gasteiger partial charge on any atom is 0.343 e. The van der Waals surface area contributed by atoms with Crippen molar-refractivity contribution >= 4 is 41.0 Å². The van der Waals surface area contributed by atoms with Crippen LogP contribution in [0.5, 0.6) is 23.0 Å². The molecule has 0 radical (unpaired) electrons. The summed E-state index contributed by atoms with van der Waals surface area (Å²) >= 11 is 12.1. The van der Waals surface area contributed by atoms with Crippen molar-refractivity contribution in [3.05, 3.63) is 87.1 Å². The molecule has 3 aromatic rings. The van der Waals surface area contributed by atoms with Crippen molar-refractivity contribution in [1.82, 2.24) is 0 Å². The second kappa shape index (κ2) is 8.94. The predicted octanol–water partition coefficient (Wildman–Crippen LogP) is 5.85. The van der Waals surface area contributed by atoms with Gasteiger partial charge in [-0.3, -0.25) is 4.79 Å². The molecule has 0 aromatic heterocycles. The number of benzene rings is 3. The third-order valence-electron chi connectivity index (χ3n) is 4.72. The zero-order chi connectivity index (χ0) is 22.8. The number of ketones is 1. The molecule has 32 heavy (non-hydrogen) atoms. The van der Waals surface area contributed by atoms with Crippen LogP contribution in [-0.2, 0) is 0 Å². The number of rotatable bonds is 5. The van der Waals surface area contributed by atoms with Crippen molar-refractivity contribution < 1.29 is 28.5 Å². The lowest BCUT2D eigenvalue weighted by Gasteiger charge is -2.10. The number of fused-ring (bicyclic) bond motifs is 1. The smallest absolute Gasteiger partial charge is 0.343 e. The van der Waals surface area contributed by atoms with Gasteiger partial charge in [0.2, 0.25) is 5.78 Å². The first-order valence-corrected chi connectivity index (χ1v) is 10.1. The highest BCUT2D eigenvalue weighted by Crippen LogP contribution is 2.36. The highest BCUT2D eigenvalue weighted by atomic mass is 35.5. The third kappa shape index (κ3) is 4.28. The number of esters is 1. The summed E-state index contributed by atoms with van der Waals surface area (Å²) in [6, 6.07) is 14.2. The van der Waals surface area contributed by atoms with Gasteiger partial charge in [-0.05, 0) is 54.1 Å². The molecule has 1 aliphatic rings. The summed E-state index contributed by atoms with van der Waals surface area (Å²) in [5, 5.41) is 0.877. The van der Waals surface area contributed by atoms with Crippen LogP contribution in [-0.4, -0.2) is 26.0 Å². The molecule has 0 saturated carbocycles. The maximum absolute atomic E-state index is 12.7. The van der Waals surface area contributed by atoms with Crippen molar-refractivity contribution in [2.45, 2.75) is 0 Å². The lowest BCUT2D eigenvalue weighted by Crippen LogP contribution is -2.09. The van der Waals surface area contributed by atoms with E-state index < -0.39 is 5.97 Å². The lowest BCUT2D eigenvalue weighted by atomic mass is 10.1. The molecule has 0 saturated heterocycles. The average molecular weight is 471 g/mol. The minimum atomic E-state index is -0.598. The fourth-order valence-corrected chi connectivity index (χ4v) is 3.58. The molecule has 0 fully saturated rings. The van der Waals surface area contributed by atoms with Crippen LogP contribution < -0.4 is 18.9 Å². The third-order valence-corrected chi connectivity index (χ3v) is 5.28. The van der Waals surface area contributed by atoms with Gasteiger partial charge in [-0.2, -0.15) is 0 Å². The van der Waals surface area contributed by atoms with Crippen molar-refractivity contribution in [3.8, 4) is 23.0 Å². The topological polar surface area (TPSA) is 71.1 Å². The number of ether oxygens (including phenoxy) is 4. The van der Waals surface area contributed by atoms with E-state index in [0.717, 1.165) is 0 Å². The van der Waals surface area contributed by atoms with Gasteiger partial charge in [-0.1, -0.05) is 29.3 Å². The number of hydrogen-bond donors (Lipinski definition) is 0.